The second-order valence-electron chi connectivity index (χ2n) is 4.21. The van der Waals surface area contributed by atoms with E-state index in [1.807, 2.05) is 18.2 Å². The highest BCUT2D eigenvalue weighted by Gasteiger charge is 2.23. The van der Waals surface area contributed by atoms with Crippen molar-refractivity contribution in [3.63, 3.8) is 0 Å². The van der Waals surface area contributed by atoms with Crippen molar-refractivity contribution in [2.24, 2.45) is 0 Å². The van der Waals surface area contributed by atoms with Gasteiger partial charge in [-0.3, -0.25) is 0 Å². The molecular weight excluding hydrogens is 238 g/mol. The Morgan fingerprint density at radius 3 is 2.76 bits per heavy atom. The molecule has 0 atom stereocenters. The fourth-order valence-electron chi connectivity index (χ4n) is 2.16. The van der Waals surface area contributed by atoms with Crippen LogP contribution >= 0.6 is 0 Å². The fourth-order valence-corrected chi connectivity index (χ4v) is 3.36. The normalized spacial score (nSPS) is 19.6. The Balaban J connectivity index is 1.97. The van der Waals surface area contributed by atoms with Crippen LogP contribution in [0.1, 0.15) is 0 Å². The lowest BCUT2D eigenvalue weighted by Gasteiger charge is -2.28. The quantitative estimate of drug-likeness (QED) is 0.814. The molecule has 2 heterocycles. The highest BCUT2D eigenvalue weighted by atomic mass is 32.2. The molecule has 1 aromatic carbocycles. The SMILES string of the molecule is O=S1(=O)CCN(c2cccc3[nH]cnc23)CC1. The van der Waals surface area contributed by atoms with Crippen molar-refractivity contribution in [1.82, 2.24) is 9.97 Å². The van der Waals surface area contributed by atoms with Crippen LogP contribution in [0.4, 0.5) is 5.69 Å². The Morgan fingerprint density at radius 2 is 2.00 bits per heavy atom. The molecule has 0 spiro atoms. The second kappa shape index (κ2) is 3.73. The lowest BCUT2D eigenvalue weighted by Crippen LogP contribution is -2.40. The number of imidazole rings is 1. The van der Waals surface area contributed by atoms with E-state index in [0.29, 0.717) is 13.1 Å². The number of aromatic amines is 1. The first kappa shape index (κ1) is 10.6. The number of nitrogens with zero attached hydrogens (tertiary/aromatic N) is 2. The maximum absolute atomic E-state index is 11.4. The maximum atomic E-state index is 11.4. The number of hydrogen-bond acceptors (Lipinski definition) is 4. The summed E-state index contributed by atoms with van der Waals surface area (Å²) in [6.07, 6.45) is 1.66. The number of H-pyrrole nitrogens is 1. The molecule has 0 amide bonds. The summed E-state index contributed by atoms with van der Waals surface area (Å²) in [5.41, 5.74) is 2.90. The van der Waals surface area contributed by atoms with Gasteiger partial charge in [0, 0.05) is 13.1 Å². The number of nitrogens with one attached hydrogen (secondary N) is 1. The number of para-hydroxylation sites is 1. The standard InChI is InChI=1S/C11H13N3O2S/c15-17(16)6-4-14(5-7-17)10-3-1-2-9-11(10)13-8-12-9/h1-3,8H,4-7H2,(H,12,13). The molecule has 6 heteroatoms. The highest BCUT2D eigenvalue weighted by molar-refractivity contribution is 7.91. The van der Waals surface area contributed by atoms with Gasteiger partial charge in [0.25, 0.3) is 0 Å². The van der Waals surface area contributed by atoms with E-state index < -0.39 is 9.84 Å². The first-order chi connectivity index (χ1) is 8.16. The van der Waals surface area contributed by atoms with Gasteiger partial charge >= 0.3 is 0 Å². The predicted molar refractivity (Wildman–Crippen MR) is 67.0 cm³/mol. The first-order valence-corrected chi connectivity index (χ1v) is 7.35. The minimum absolute atomic E-state index is 0.230. The molecule has 5 nitrogen and oxygen atoms in total. The number of anilines is 1. The number of aromatic nitrogens is 2. The Kier molecular flexibility index (Phi) is 2.32. The van der Waals surface area contributed by atoms with E-state index in [1.54, 1.807) is 6.33 Å². The second-order valence-corrected chi connectivity index (χ2v) is 6.52. The summed E-state index contributed by atoms with van der Waals surface area (Å²) >= 11 is 0. The van der Waals surface area contributed by atoms with Crippen molar-refractivity contribution >= 4 is 26.6 Å². The lowest BCUT2D eigenvalue weighted by molar-refractivity contribution is 0.587. The Morgan fingerprint density at radius 1 is 1.24 bits per heavy atom. The molecule has 1 aliphatic rings. The summed E-state index contributed by atoms with van der Waals surface area (Å²) in [6.45, 7) is 1.10. The molecule has 0 bridgehead atoms. The van der Waals surface area contributed by atoms with Crippen molar-refractivity contribution in [3.05, 3.63) is 24.5 Å². The van der Waals surface area contributed by atoms with Crippen molar-refractivity contribution in [2.75, 3.05) is 29.5 Å². The molecule has 90 valence electrons. The van der Waals surface area contributed by atoms with Gasteiger partial charge in [-0.15, -0.1) is 0 Å². The minimum atomic E-state index is -2.83. The fraction of sp³-hybridized carbons (Fsp3) is 0.364. The minimum Gasteiger partial charge on any atom is -0.368 e. The van der Waals surface area contributed by atoms with Crippen LogP contribution in [0.3, 0.4) is 0 Å². The van der Waals surface area contributed by atoms with Gasteiger partial charge in [0.05, 0.1) is 29.0 Å². The van der Waals surface area contributed by atoms with Crippen LogP contribution < -0.4 is 4.90 Å². The third-order valence-corrected chi connectivity index (χ3v) is 4.72. The molecule has 1 fully saturated rings. The van der Waals surface area contributed by atoms with Gasteiger partial charge in [-0.1, -0.05) is 6.07 Å². The Bertz CT molecular complexity index is 634. The summed E-state index contributed by atoms with van der Waals surface area (Å²) in [4.78, 5) is 9.43. The molecular formula is C11H13N3O2S. The van der Waals surface area contributed by atoms with E-state index in [1.165, 1.54) is 0 Å². The topological polar surface area (TPSA) is 66.1 Å². The van der Waals surface area contributed by atoms with Gasteiger partial charge in [0.15, 0.2) is 9.84 Å². The Labute approximate surface area is 99.4 Å². The van der Waals surface area contributed by atoms with E-state index in [0.717, 1.165) is 16.7 Å². The van der Waals surface area contributed by atoms with E-state index >= 15 is 0 Å². The van der Waals surface area contributed by atoms with Crippen molar-refractivity contribution in [1.29, 1.82) is 0 Å². The summed E-state index contributed by atoms with van der Waals surface area (Å²) < 4.78 is 22.8. The maximum Gasteiger partial charge on any atom is 0.153 e. The smallest absolute Gasteiger partial charge is 0.153 e. The average Bonchev–Trinajstić information content (AvgIpc) is 2.77. The van der Waals surface area contributed by atoms with Crippen LogP contribution in [0.15, 0.2) is 24.5 Å². The zero-order valence-corrected chi connectivity index (χ0v) is 10.1. The third kappa shape index (κ3) is 1.88. The van der Waals surface area contributed by atoms with Crippen LogP contribution in [-0.4, -0.2) is 43.0 Å². The van der Waals surface area contributed by atoms with Crippen molar-refractivity contribution in [3.8, 4) is 0 Å². The Hall–Kier alpha value is -1.56. The lowest BCUT2D eigenvalue weighted by atomic mass is 10.2. The number of fused-ring (bicyclic) bond motifs is 1. The molecule has 17 heavy (non-hydrogen) atoms. The first-order valence-electron chi connectivity index (χ1n) is 5.53. The zero-order valence-electron chi connectivity index (χ0n) is 9.26. The molecule has 2 aromatic rings. The van der Waals surface area contributed by atoms with Gasteiger partial charge in [-0.25, -0.2) is 13.4 Å². The molecule has 1 aliphatic heterocycles. The highest BCUT2D eigenvalue weighted by Crippen LogP contribution is 2.25. The van der Waals surface area contributed by atoms with Gasteiger partial charge in [-0.05, 0) is 12.1 Å². The molecule has 0 saturated carbocycles. The van der Waals surface area contributed by atoms with Crippen molar-refractivity contribution in [2.45, 2.75) is 0 Å². The van der Waals surface area contributed by atoms with Gasteiger partial charge in [0.2, 0.25) is 0 Å². The van der Waals surface area contributed by atoms with Crippen LogP contribution in [-0.2, 0) is 9.84 Å². The molecule has 3 rings (SSSR count). The predicted octanol–water partition coefficient (Wildman–Crippen LogP) is 0.798. The van der Waals surface area contributed by atoms with Gasteiger partial charge in [0.1, 0.15) is 5.52 Å². The number of rotatable bonds is 1. The molecule has 1 aromatic heterocycles. The molecule has 1 N–H and O–H groups in total. The summed E-state index contributed by atoms with van der Waals surface area (Å²) in [5, 5.41) is 0. The number of benzene rings is 1. The van der Waals surface area contributed by atoms with Crippen LogP contribution in [0.2, 0.25) is 0 Å². The van der Waals surface area contributed by atoms with E-state index in [2.05, 4.69) is 14.9 Å². The molecule has 1 saturated heterocycles. The van der Waals surface area contributed by atoms with E-state index in [9.17, 15) is 8.42 Å². The molecule has 0 unspecified atom stereocenters. The van der Waals surface area contributed by atoms with E-state index in [-0.39, 0.29) is 11.5 Å². The largest absolute Gasteiger partial charge is 0.368 e. The van der Waals surface area contributed by atoms with Crippen LogP contribution in [0, 0.1) is 0 Å². The van der Waals surface area contributed by atoms with Crippen LogP contribution in [0.25, 0.3) is 11.0 Å². The summed E-state index contributed by atoms with van der Waals surface area (Å²) in [5.74, 6) is 0.460. The number of sulfone groups is 1. The van der Waals surface area contributed by atoms with Crippen molar-refractivity contribution < 1.29 is 8.42 Å². The van der Waals surface area contributed by atoms with Gasteiger partial charge in [-0.2, -0.15) is 0 Å². The van der Waals surface area contributed by atoms with Gasteiger partial charge < -0.3 is 9.88 Å². The average molecular weight is 251 g/mol. The number of hydrogen-bond donors (Lipinski definition) is 1. The summed E-state index contributed by atoms with van der Waals surface area (Å²) in [7, 11) is -2.83. The zero-order chi connectivity index (χ0) is 11.9. The van der Waals surface area contributed by atoms with Crippen LogP contribution in [0.5, 0.6) is 0 Å². The monoisotopic (exact) mass is 251 g/mol. The molecule has 0 radical (unpaired) electrons. The third-order valence-electron chi connectivity index (χ3n) is 3.11. The van der Waals surface area contributed by atoms with E-state index in [4.69, 9.17) is 0 Å². The summed E-state index contributed by atoms with van der Waals surface area (Å²) in [6, 6.07) is 5.91. The molecule has 0 aliphatic carbocycles.